The Morgan fingerprint density at radius 2 is 1.88 bits per heavy atom. The average Bonchev–Trinajstić information content (AvgIpc) is 2.61. The molecular formula is C17H16ClF2N3O3. The molecule has 0 aliphatic carbocycles. The standard InChI is InChI=1S/C17H16ClF2N3O3/c1-23(9-10-3-5-12(19)8-14(10)20)17(25)22-21-16(24)13-7-11(18)4-6-15(13)26-2/h3-8H,9H2,1-2H3,(H,21,24)(H,22,25). The molecule has 0 atom stereocenters. The fourth-order valence-electron chi connectivity index (χ4n) is 2.11. The van der Waals surface area contributed by atoms with Gasteiger partial charge in [0.15, 0.2) is 0 Å². The first-order valence-corrected chi connectivity index (χ1v) is 7.78. The van der Waals surface area contributed by atoms with Crippen molar-refractivity contribution in [1.29, 1.82) is 0 Å². The SMILES string of the molecule is COc1ccc(Cl)cc1C(=O)NNC(=O)N(C)Cc1ccc(F)cc1F. The van der Waals surface area contributed by atoms with E-state index in [-0.39, 0.29) is 23.4 Å². The van der Waals surface area contributed by atoms with E-state index in [2.05, 4.69) is 10.9 Å². The Morgan fingerprint density at radius 1 is 1.15 bits per heavy atom. The highest BCUT2D eigenvalue weighted by Crippen LogP contribution is 2.22. The zero-order chi connectivity index (χ0) is 19.3. The van der Waals surface area contributed by atoms with Crippen LogP contribution in [0, 0.1) is 11.6 Å². The van der Waals surface area contributed by atoms with E-state index in [0.29, 0.717) is 5.02 Å². The van der Waals surface area contributed by atoms with Gasteiger partial charge in [0.2, 0.25) is 0 Å². The van der Waals surface area contributed by atoms with Crippen molar-refractivity contribution in [3.05, 3.63) is 64.2 Å². The summed E-state index contributed by atoms with van der Waals surface area (Å²) in [5, 5.41) is 0.325. The molecule has 9 heteroatoms. The van der Waals surface area contributed by atoms with Gasteiger partial charge in [-0.3, -0.25) is 10.2 Å². The number of hydrogen-bond acceptors (Lipinski definition) is 3. The maximum atomic E-state index is 13.6. The monoisotopic (exact) mass is 383 g/mol. The molecule has 6 nitrogen and oxygen atoms in total. The van der Waals surface area contributed by atoms with Gasteiger partial charge in [0.05, 0.1) is 19.2 Å². The third kappa shape index (κ3) is 4.82. The largest absolute Gasteiger partial charge is 0.496 e. The van der Waals surface area contributed by atoms with Crippen molar-refractivity contribution < 1.29 is 23.1 Å². The summed E-state index contributed by atoms with van der Waals surface area (Å²) in [6.07, 6.45) is 0. The van der Waals surface area contributed by atoms with Crippen molar-refractivity contribution in [3.8, 4) is 5.75 Å². The van der Waals surface area contributed by atoms with E-state index in [1.54, 1.807) is 6.07 Å². The lowest BCUT2D eigenvalue weighted by molar-refractivity contribution is 0.0928. The lowest BCUT2D eigenvalue weighted by atomic mass is 10.2. The Morgan fingerprint density at radius 3 is 2.54 bits per heavy atom. The van der Waals surface area contributed by atoms with Gasteiger partial charge in [-0.2, -0.15) is 0 Å². The second-order valence-corrected chi connectivity index (χ2v) is 5.76. The average molecular weight is 384 g/mol. The fourth-order valence-corrected chi connectivity index (χ4v) is 2.28. The summed E-state index contributed by atoms with van der Waals surface area (Å²) in [6.45, 7) is -0.117. The predicted octanol–water partition coefficient (Wildman–Crippen LogP) is 3.11. The van der Waals surface area contributed by atoms with Crippen LogP contribution in [0.1, 0.15) is 15.9 Å². The molecule has 0 aliphatic rings. The number of hydrogen-bond donors (Lipinski definition) is 2. The smallest absolute Gasteiger partial charge is 0.336 e. The minimum absolute atomic E-state index is 0.117. The first-order valence-electron chi connectivity index (χ1n) is 7.40. The topological polar surface area (TPSA) is 70.7 Å². The maximum absolute atomic E-state index is 13.6. The van der Waals surface area contributed by atoms with E-state index in [1.165, 1.54) is 32.4 Å². The molecule has 26 heavy (non-hydrogen) atoms. The Hall–Kier alpha value is -2.87. The number of urea groups is 1. The summed E-state index contributed by atoms with van der Waals surface area (Å²) in [7, 11) is 2.79. The summed E-state index contributed by atoms with van der Waals surface area (Å²) in [6, 6.07) is 6.83. The van der Waals surface area contributed by atoms with Crippen LogP contribution in [0.5, 0.6) is 5.75 Å². The van der Waals surface area contributed by atoms with E-state index in [9.17, 15) is 18.4 Å². The van der Waals surface area contributed by atoms with E-state index >= 15 is 0 Å². The molecule has 0 unspecified atom stereocenters. The van der Waals surface area contributed by atoms with Crippen molar-refractivity contribution in [3.63, 3.8) is 0 Å². The van der Waals surface area contributed by atoms with Crippen LogP contribution in [-0.2, 0) is 6.54 Å². The number of methoxy groups -OCH3 is 1. The van der Waals surface area contributed by atoms with Gasteiger partial charge in [0.1, 0.15) is 17.4 Å². The van der Waals surface area contributed by atoms with Gasteiger partial charge in [-0.15, -0.1) is 0 Å². The van der Waals surface area contributed by atoms with Crippen molar-refractivity contribution in [2.45, 2.75) is 6.54 Å². The van der Waals surface area contributed by atoms with Crippen LogP contribution in [-0.4, -0.2) is 31.0 Å². The number of nitrogens with one attached hydrogen (secondary N) is 2. The van der Waals surface area contributed by atoms with Crippen LogP contribution in [0.15, 0.2) is 36.4 Å². The van der Waals surface area contributed by atoms with Crippen LogP contribution in [0.2, 0.25) is 5.02 Å². The molecule has 0 bridgehead atoms. The van der Waals surface area contributed by atoms with Gasteiger partial charge in [0.25, 0.3) is 5.91 Å². The van der Waals surface area contributed by atoms with Crippen LogP contribution in [0.25, 0.3) is 0 Å². The predicted molar refractivity (Wildman–Crippen MR) is 91.8 cm³/mol. The van der Waals surface area contributed by atoms with Gasteiger partial charge in [-0.05, 0) is 24.3 Å². The second-order valence-electron chi connectivity index (χ2n) is 5.32. The van der Waals surface area contributed by atoms with Gasteiger partial charge < -0.3 is 9.64 Å². The molecule has 2 N–H and O–H groups in total. The third-order valence-corrected chi connectivity index (χ3v) is 3.69. The summed E-state index contributed by atoms with van der Waals surface area (Å²) < 4.78 is 31.6. The number of halogens is 3. The van der Waals surface area contributed by atoms with E-state index in [4.69, 9.17) is 16.3 Å². The Kier molecular flexibility index (Phi) is 6.35. The molecule has 0 heterocycles. The minimum atomic E-state index is -0.766. The quantitative estimate of drug-likeness (QED) is 0.797. The van der Waals surface area contributed by atoms with Gasteiger partial charge in [0, 0.05) is 23.7 Å². The lowest BCUT2D eigenvalue weighted by Crippen LogP contribution is -2.47. The molecule has 0 aromatic heterocycles. The molecule has 3 amide bonds. The summed E-state index contributed by atoms with van der Waals surface area (Å²) in [4.78, 5) is 25.3. The highest BCUT2D eigenvalue weighted by Gasteiger charge is 2.16. The molecule has 2 aromatic carbocycles. The molecule has 0 spiro atoms. The molecule has 0 fully saturated rings. The van der Waals surface area contributed by atoms with Crippen molar-refractivity contribution in [2.75, 3.05) is 14.2 Å². The molecule has 138 valence electrons. The summed E-state index contributed by atoms with van der Waals surface area (Å²) in [5.41, 5.74) is 4.68. The molecule has 2 aromatic rings. The zero-order valence-corrected chi connectivity index (χ0v) is 14.7. The first-order chi connectivity index (χ1) is 12.3. The van der Waals surface area contributed by atoms with Crippen LogP contribution < -0.4 is 15.6 Å². The number of hydrazine groups is 1. The molecule has 0 radical (unpaired) electrons. The highest BCUT2D eigenvalue weighted by atomic mass is 35.5. The van der Waals surface area contributed by atoms with E-state index < -0.39 is 23.6 Å². The normalized spacial score (nSPS) is 10.2. The first kappa shape index (κ1) is 19.5. The van der Waals surface area contributed by atoms with Gasteiger partial charge in [-0.25, -0.2) is 19.0 Å². The third-order valence-electron chi connectivity index (χ3n) is 3.46. The van der Waals surface area contributed by atoms with Gasteiger partial charge in [-0.1, -0.05) is 17.7 Å². The number of amides is 3. The number of benzene rings is 2. The fraction of sp³-hybridized carbons (Fsp3) is 0.176. The van der Waals surface area contributed by atoms with Crippen molar-refractivity contribution in [1.82, 2.24) is 15.8 Å². The zero-order valence-electron chi connectivity index (χ0n) is 14.0. The van der Waals surface area contributed by atoms with Crippen LogP contribution >= 0.6 is 11.6 Å². The summed E-state index contributed by atoms with van der Waals surface area (Å²) >= 11 is 5.85. The minimum Gasteiger partial charge on any atom is -0.496 e. The van der Waals surface area contributed by atoms with E-state index in [0.717, 1.165) is 17.0 Å². The maximum Gasteiger partial charge on any atom is 0.336 e. The van der Waals surface area contributed by atoms with E-state index in [1.807, 2.05) is 0 Å². The molecule has 0 saturated heterocycles. The van der Waals surface area contributed by atoms with Gasteiger partial charge >= 0.3 is 6.03 Å². The lowest BCUT2D eigenvalue weighted by Gasteiger charge is -2.19. The molecule has 2 rings (SSSR count). The molecular weight excluding hydrogens is 368 g/mol. The number of ether oxygens (including phenoxy) is 1. The Labute approximate surface area is 153 Å². The Bertz CT molecular complexity index is 833. The van der Waals surface area contributed by atoms with Crippen LogP contribution in [0.4, 0.5) is 13.6 Å². The number of carbonyl (C=O) groups is 2. The van der Waals surface area contributed by atoms with Crippen molar-refractivity contribution >= 4 is 23.5 Å². The number of rotatable bonds is 4. The Balaban J connectivity index is 1.97. The molecule has 0 aliphatic heterocycles. The van der Waals surface area contributed by atoms with Crippen LogP contribution in [0.3, 0.4) is 0 Å². The van der Waals surface area contributed by atoms with Crippen molar-refractivity contribution in [2.24, 2.45) is 0 Å². The number of carbonyl (C=O) groups excluding carboxylic acids is 2. The highest BCUT2D eigenvalue weighted by molar-refractivity contribution is 6.31. The second kappa shape index (κ2) is 8.48. The number of nitrogens with zero attached hydrogens (tertiary/aromatic N) is 1. The molecule has 0 saturated carbocycles. The summed E-state index contributed by atoms with van der Waals surface area (Å²) in [5.74, 6) is -1.83.